The predicted molar refractivity (Wildman–Crippen MR) is 60.5 cm³/mol. The second-order valence-electron chi connectivity index (χ2n) is 3.76. The summed E-state index contributed by atoms with van der Waals surface area (Å²) in [6.45, 7) is 3.03. The van der Waals surface area contributed by atoms with Crippen molar-refractivity contribution in [3.05, 3.63) is 18.7 Å². The maximum Gasteiger partial charge on any atom is 0.327 e. The molecule has 2 amide bonds. The van der Waals surface area contributed by atoms with Crippen molar-refractivity contribution < 1.29 is 9.59 Å². The SMILES string of the molecule is O=C(CNC(=O)n1ccnc1)N1CCNCC1. The van der Waals surface area contributed by atoms with Gasteiger partial charge in [0, 0.05) is 38.6 Å². The highest BCUT2D eigenvalue weighted by atomic mass is 16.2. The van der Waals surface area contributed by atoms with Crippen molar-refractivity contribution in [2.75, 3.05) is 32.7 Å². The van der Waals surface area contributed by atoms with Gasteiger partial charge >= 0.3 is 6.03 Å². The van der Waals surface area contributed by atoms with Crippen molar-refractivity contribution in [2.24, 2.45) is 0 Å². The van der Waals surface area contributed by atoms with E-state index in [4.69, 9.17) is 0 Å². The number of amides is 2. The Morgan fingerprint density at radius 1 is 1.35 bits per heavy atom. The lowest BCUT2D eigenvalue weighted by molar-refractivity contribution is -0.130. The highest BCUT2D eigenvalue weighted by molar-refractivity contribution is 5.84. The van der Waals surface area contributed by atoms with Crippen LogP contribution in [0, 0.1) is 0 Å². The van der Waals surface area contributed by atoms with Gasteiger partial charge in [0.15, 0.2) is 0 Å². The highest BCUT2D eigenvalue weighted by Gasteiger charge is 2.16. The third-order valence-corrected chi connectivity index (χ3v) is 2.60. The summed E-state index contributed by atoms with van der Waals surface area (Å²) in [5.74, 6) is -0.0556. The van der Waals surface area contributed by atoms with Crippen LogP contribution in [-0.2, 0) is 4.79 Å². The molecule has 2 heterocycles. The van der Waals surface area contributed by atoms with Crippen LogP contribution in [0.3, 0.4) is 0 Å². The van der Waals surface area contributed by atoms with Gasteiger partial charge < -0.3 is 15.5 Å². The van der Waals surface area contributed by atoms with E-state index in [1.54, 1.807) is 4.90 Å². The number of hydrogen-bond acceptors (Lipinski definition) is 4. The van der Waals surface area contributed by atoms with Crippen molar-refractivity contribution in [3.63, 3.8) is 0 Å². The molecule has 0 atom stereocenters. The third-order valence-electron chi connectivity index (χ3n) is 2.60. The molecule has 1 aromatic heterocycles. The van der Waals surface area contributed by atoms with E-state index in [0.29, 0.717) is 13.1 Å². The average molecular weight is 237 g/mol. The molecule has 0 bridgehead atoms. The van der Waals surface area contributed by atoms with Gasteiger partial charge in [0.2, 0.25) is 5.91 Å². The molecular weight excluding hydrogens is 222 g/mol. The van der Waals surface area contributed by atoms with Crippen molar-refractivity contribution in [2.45, 2.75) is 0 Å². The Kier molecular flexibility index (Phi) is 3.71. The van der Waals surface area contributed by atoms with Gasteiger partial charge in [0.25, 0.3) is 0 Å². The van der Waals surface area contributed by atoms with Gasteiger partial charge in [-0.3, -0.25) is 9.36 Å². The normalized spacial score (nSPS) is 15.6. The summed E-state index contributed by atoms with van der Waals surface area (Å²) in [5.41, 5.74) is 0. The van der Waals surface area contributed by atoms with Crippen LogP contribution in [0.4, 0.5) is 4.79 Å². The van der Waals surface area contributed by atoms with Gasteiger partial charge in [-0.15, -0.1) is 0 Å². The number of hydrogen-bond donors (Lipinski definition) is 2. The van der Waals surface area contributed by atoms with Gasteiger partial charge in [0.1, 0.15) is 6.33 Å². The minimum Gasteiger partial charge on any atom is -0.339 e. The first kappa shape index (κ1) is 11.6. The van der Waals surface area contributed by atoms with Gasteiger partial charge in [-0.25, -0.2) is 9.78 Å². The molecule has 0 spiro atoms. The van der Waals surface area contributed by atoms with Crippen molar-refractivity contribution in [1.82, 2.24) is 25.1 Å². The zero-order chi connectivity index (χ0) is 12.1. The Morgan fingerprint density at radius 2 is 2.12 bits per heavy atom. The fraction of sp³-hybridized carbons (Fsp3) is 0.500. The summed E-state index contributed by atoms with van der Waals surface area (Å²) in [5, 5.41) is 5.72. The van der Waals surface area contributed by atoms with Gasteiger partial charge in [-0.2, -0.15) is 0 Å². The summed E-state index contributed by atoms with van der Waals surface area (Å²) in [6.07, 6.45) is 4.44. The molecule has 0 saturated carbocycles. The lowest BCUT2D eigenvalue weighted by atomic mass is 10.3. The Bertz CT molecular complexity index is 383. The zero-order valence-electron chi connectivity index (χ0n) is 9.43. The molecular formula is C10H15N5O2. The standard InChI is InChI=1S/C10H15N5O2/c16-9(14-4-1-11-2-5-14)7-13-10(17)15-6-3-12-8-15/h3,6,8,11H,1-2,4-5,7H2,(H,13,17). The van der Waals surface area contributed by atoms with Crippen molar-refractivity contribution in [1.29, 1.82) is 0 Å². The second kappa shape index (κ2) is 5.44. The minimum absolute atomic E-state index is 0.0248. The molecule has 1 aromatic rings. The molecule has 0 aromatic carbocycles. The molecule has 1 fully saturated rings. The maximum atomic E-state index is 11.7. The summed E-state index contributed by atoms with van der Waals surface area (Å²) in [7, 11) is 0. The minimum atomic E-state index is -0.342. The zero-order valence-corrected chi connectivity index (χ0v) is 9.43. The van der Waals surface area contributed by atoms with Crippen LogP contribution in [0.2, 0.25) is 0 Å². The lowest BCUT2D eigenvalue weighted by Gasteiger charge is -2.27. The molecule has 7 heteroatoms. The molecule has 0 aliphatic carbocycles. The molecule has 0 unspecified atom stereocenters. The lowest BCUT2D eigenvalue weighted by Crippen LogP contribution is -2.49. The van der Waals surface area contributed by atoms with Gasteiger partial charge in [-0.05, 0) is 0 Å². The molecule has 7 nitrogen and oxygen atoms in total. The highest BCUT2D eigenvalue weighted by Crippen LogP contribution is 1.92. The first-order valence-electron chi connectivity index (χ1n) is 5.52. The molecule has 1 aliphatic rings. The van der Waals surface area contributed by atoms with Gasteiger partial charge in [-0.1, -0.05) is 0 Å². The fourth-order valence-corrected chi connectivity index (χ4v) is 1.65. The molecule has 1 saturated heterocycles. The summed E-state index contributed by atoms with van der Waals surface area (Å²) in [6, 6.07) is -0.342. The number of imidazole rings is 1. The molecule has 0 radical (unpaired) electrons. The number of nitrogens with one attached hydrogen (secondary N) is 2. The topological polar surface area (TPSA) is 79.3 Å². The number of carbonyl (C=O) groups is 2. The van der Waals surface area contributed by atoms with Crippen molar-refractivity contribution >= 4 is 11.9 Å². The number of carbonyl (C=O) groups excluding carboxylic acids is 2. The van der Waals surface area contributed by atoms with E-state index in [0.717, 1.165) is 13.1 Å². The Labute approximate surface area is 98.8 Å². The third kappa shape index (κ3) is 3.04. The van der Waals surface area contributed by atoms with Crippen LogP contribution in [0.1, 0.15) is 0 Å². The van der Waals surface area contributed by atoms with Gasteiger partial charge in [0.05, 0.1) is 6.54 Å². The first-order chi connectivity index (χ1) is 8.27. The number of nitrogens with zero attached hydrogens (tertiary/aromatic N) is 3. The van der Waals surface area contributed by atoms with E-state index < -0.39 is 0 Å². The Hall–Kier alpha value is -1.89. The van der Waals surface area contributed by atoms with E-state index in [-0.39, 0.29) is 18.5 Å². The average Bonchev–Trinajstić information content (AvgIpc) is 2.90. The van der Waals surface area contributed by atoms with Crippen LogP contribution >= 0.6 is 0 Å². The first-order valence-corrected chi connectivity index (χ1v) is 5.52. The molecule has 2 rings (SSSR count). The van der Waals surface area contributed by atoms with E-state index >= 15 is 0 Å². The maximum absolute atomic E-state index is 11.7. The summed E-state index contributed by atoms with van der Waals surface area (Å²) >= 11 is 0. The van der Waals surface area contributed by atoms with Crippen molar-refractivity contribution in [3.8, 4) is 0 Å². The van der Waals surface area contributed by atoms with E-state index in [9.17, 15) is 9.59 Å². The number of rotatable bonds is 2. The van der Waals surface area contributed by atoms with Crippen LogP contribution in [0.25, 0.3) is 0 Å². The summed E-state index contributed by atoms with van der Waals surface area (Å²) < 4.78 is 1.30. The fourth-order valence-electron chi connectivity index (χ4n) is 1.65. The molecule has 17 heavy (non-hydrogen) atoms. The largest absolute Gasteiger partial charge is 0.339 e. The monoisotopic (exact) mass is 237 g/mol. The molecule has 2 N–H and O–H groups in total. The van der Waals surface area contributed by atoms with E-state index in [1.807, 2.05) is 0 Å². The number of piperazine rings is 1. The van der Waals surface area contributed by atoms with Crippen LogP contribution in [0.5, 0.6) is 0 Å². The predicted octanol–water partition coefficient (Wildman–Crippen LogP) is -1.13. The van der Waals surface area contributed by atoms with E-state index in [2.05, 4.69) is 15.6 Å². The van der Waals surface area contributed by atoms with Crippen LogP contribution in [-0.4, -0.2) is 59.1 Å². The summed E-state index contributed by atoms with van der Waals surface area (Å²) in [4.78, 5) is 28.8. The van der Waals surface area contributed by atoms with Crippen LogP contribution < -0.4 is 10.6 Å². The second-order valence-corrected chi connectivity index (χ2v) is 3.76. The quantitative estimate of drug-likeness (QED) is 0.682. The van der Waals surface area contributed by atoms with E-state index in [1.165, 1.54) is 23.3 Å². The Balaban J connectivity index is 1.77. The van der Waals surface area contributed by atoms with Crippen LogP contribution in [0.15, 0.2) is 18.7 Å². The number of aromatic nitrogens is 2. The Morgan fingerprint density at radius 3 is 2.76 bits per heavy atom. The molecule has 1 aliphatic heterocycles. The smallest absolute Gasteiger partial charge is 0.327 e. The molecule has 92 valence electrons.